The molecule has 0 aliphatic carbocycles. The molecule has 0 bridgehead atoms. The summed E-state index contributed by atoms with van der Waals surface area (Å²) < 4.78 is 28.0. The summed E-state index contributed by atoms with van der Waals surface area (Å²) in [5.41, 5.74) is -0.464. The molecule has 0 aliphatic heterocycles. The summed E-state index contributed by atoms with van der Waals surface area (Å²) in [7, 11) is 0. The van der Waals surface area contributed by atoms with Crippen LogP contribution in [0.1, 0.15) is 21.8 Å². The van der Waals surface area contributed by atoms with Crippen molar-refractivity contribution in [3.63, 3.8) is 0 Å². The fraction of sp³-hybridized carbons (Fsp3) is 0.0667. The maximum atomic E-state index is 14.0. The Morgan fingerprint density at radius 2 is 1.90 bits per heavy atom. The number of carbonyl (C=O) groups excluding carboxylic acids is 1. The molecule has 0 aliphatic rings. The summed E-state index contributed by atoms with van der Waals surface area (Å²) in [5.74, 6) is -3.94. The molecule has 0 radical (unpaired) electrons. The predicted molar refractivity (Wildman–Crippen MR) is 78.2 cm³/mol. The Labute approximate surface area is 133 Å². The summed E-state index contributed by atoms with van der Waals surface area (Å²) in [6.07, 6.45) is 0. The van der Waals surface area contributed by atoms with Crippen molar-refractivity contribution in [1.29, 1.82) is 5.26 Å². The molecule has 0 spiro atoms. The van der Waals surface area contributed by atoms with Gasteiger partial charge in [-0.15, -0.1) is 0 Å². The average Bonchev–Trinajstić information content (AvgIpc) is 2.44. The summed E-state index contributed by atoms with van der Waals surface area (Å²) in [6.45, 7) is 0. The number of nitriles is 1. The molecule has 1 unspecified atom stereocenters. The standard InChI is InChI=1S/C15H7BrClF2NO/c16-10-4-2-6-12(18)13(10)15(21)9(7-20)8-3-1-5-11(17)14(8)19/h1-6,9H. The van der Waals surface area contributed by atoms with Crippen molar-refractivity contribution in [2.45, 2.75) is 5.92 Å². The van der Waals surface area contributed by atoms with E-state index in [9.17, 15) is 18.8 Å². The molecule has 0 aromatic heterocycles. The summed E-state index contributed by atoms with van der Waals surface area (Å²) in [4.78, 5) is 12.4. The van der Waals surface area contributed by atoms with Gasteiger partial charge in [0.2, 0.25) is 0 Å². The van der Waals surface area contributed by atoms with Gasteiger partial charge in [-0.3, -0.25) is 4.79 Å². The van der Waals surface area contributed by atoms with Crippen molar-refractivity contribution in [2.75, 3.05) is 0 Å². The Bertz CT molecular complexity index is 738. The van der Waals surface area contributed by atoms with Crippen LogP contribution >= 0.6 is 27.5 Å². The molecule has 0 N–H and O–H groups in total. The van der Waals surface area contributed by atoms with Crippen LogP contribution in [0.4, 0.5) is 8.78 Å². The van der Waals surface area contributed by atoms with Gasteiger partial charge in [0.05, 0.1) is 16.7 Å². The predicted octanol–water partition coefficient (Wildman–Crippen LogP) is 4.87. The van der Waals surface area contributed by atoms with E-state index in [0.29, 0.717) is 0 Å². The third-order valence-corrected chi connectivity index (χ3v) is 3.85. The smallest absolute Gasteiger partial charge is 0.188 e. The first kappa shape index (κ1) is 15.6. The first-order valence-corrected chi connectivity index (χ1v) is 6.96. The zero-order valence-electron chi connectivity index (χ0n) is 10.4. The number of benzene rings is 2. The van der Waals surface area contributed by atoms with Gasteiger partial charge in [-0.1, -0.05) is 29.8 Å². The number of nitrogens with zero attached hydrogens (tertiary/aromatic N) is 1. The van der Waals surface area contributed by atoms with Crippen LogP contribution in [-0.4, -0.2) is 5.78 Å². The normalized spacial score (nSPS) is 11.8. The lowest BCUT2D eigenvalue weighted by Crippen LogP contribution is -2.15. The Hall–Kier alpha value is -1.77. The number of ketones is 1. The van der Waals surface area contributed by atoms with Crippen molar-refractivity contribution in [2.24, 2.45) is 0 Å². The fourth-order valence-electron chi connectivity index (χ4n) is 1.89. The highest BCUT2D eigenvalue weighted by Gasteiger charge is 2.29. The molecule has 6 heteroatoms. The van der Waals surface area contributed by atoms with Gasteiger partial charge in [-0.25, -0.2) is 8.78 Å². The molecule has 0 saturated heterocycles. The SMILES string of the molecule is N#CC(C(=O)c1c(F)cccc1Br)c1cccc(Cl)c1F. The van der Waals surface area contributed by atoms with E-state index in [2.05, 4.69) is 15.9 Å². The van der Waals surface area contributed by atoms with E-state index in [0.717, 1.165) is 6.07 Å². The minimum Gasteiger partial charge on any atom is -0.292 e. The number of hydrogen-bond acceptors (Lipinski definition) is 2. The van der Waals surface area contributed by atoms with Crippen molar-refractivity contribution in [1.82, 2.24) is 0 Å². The van der Waals surface area contributed by atoms with Crippen LogP contribution in [0.3, 0.4) is 0 Å². The minimum atomic E-state index is -1.48. The maximum Gasteiger partial charge on any atom is 0.188 e. The Balaban J connectivity index is 2.55. The highest BCUT2D eigenvalue weighted by molar-refractivity contribution is 9.10. The van der Waals surface area contributed by atoms with Gasteiger partial charge >= 0.3 is 0 Å². The van der Waals surface area contributed by atoms with E-state index in [1.807, 2.05) is 0 Å². The third-order valence-electron chi connectivity index (χ3n) is 2.89. The minimum absolute atomic E-state index is 0.176. The summed E-state index contributed by atoms with van der Waals surface area (Å²) in [6, 6.07) is 9.70. The largest absolute Gasteiger partial charge is 0.292 e. The summed E-state index contributed by atoms with van der Waals surface area (Å²) in [5, 5.41) is 8.99. The maximum absolute atomic E-state index is 14.0. The molecule has 21 heavy (non-hydrogen) atoms. The Morgan fingerprint density at radius 3 is 2.52 bits per heavy atom. The van der Waals surface area contributed by atoms with E-state index < -0.39 is 23.3 Å². The highest BCUT2D eigenvalue weighted by Crippen LogP contribution is 2.30. The van der Waals surface area contributed by atoms with Crippen LogP contribution in [0.2, 0.25) is 5.02 Å². The van der Waals surface area contributed by atoms with Gasteiger partial charge in [-0.05, 0) is 34.1 Å². The van der Waals surface area contributed by atoms with Gasteiger partial charge < -0.3 is 0 Å². The molecule has 0 fully saturated rings. The van der Waals surface area contributed by atoms with Crippen LogP contribution in [0.5, 0.6) is 0 Å². The molecule has 0 saturated carbocycles. The molecule has 2 nitrogen and oxygen atoms in total. The van der Waals surface area contributed by atoms with Crippen molar-refractivity contribution >= 4 is 33.3 Å². The molecule has 2 aromatic rings. The van der Waals surface area contributed by atoms with Crippen molar-refractivity contribution in [3.8, 4) is 6.07 Å². The first-order valence-electron chi connectivity index (χ1n) is 5.79. The zero-order valence-corrected chi connectivity index (χ0v) is 12.8. The Morgan fingerprint density at radius 1 is 1.24 bits per heavy atom. The molecule has 1 atom stereocenters. The second kappa shape index (κ2) is 6.33. The molecular formula is C15H7BrClF2NO. The lowest BCUT2D eigenvalue weighted by atomic mass is 9.91. The zero-order chi connectivity index (χ0) is 15.6. The van der Waals surface area contributed by atoms with Crippen LogP contribution in [0.15, 0.2) is 40.9 Å². The van der Waals surface area contributed by atoms with Crippen LogP contribution in [0.25, 0.3) is 0 Å². The molecule has 0 amide bonds. The molecule has 2 rings (SSSR count). The third kappa shape index (κ3) is 2.97. The number of Topliss-reactive ketones (excluding diaryl/α,β-unsaturated/α-hetero) is 1. The van der Waals surface area contributed by atoms with Gasteiger partial charge in [0.1, 0.15) is 17.6 Å². The topological polar surface area (TPSA) is 40.9 Å². The van der Waals surface area contributed by atoms with Gasteiger partial charge in [0.15, 0.2) is 5.78 Å². The number of carbonyl (C=O) groups is 1. The monoisotopic (exact) mass is 369 g/mol. The molecule has 106 valence electrons. The lowest BCUT2D eigenvalue weighted by Gasteiger charge is -2.12. The van der Waals surface area contributed by atoms with Crippen LogP contribution < -0.4 is 0 Å². The quantitative estimate of drug-likeness (QED) is 0.723. The van der Waals surface area contributed by atoms with Gasteiger partial charge in [0.25, 0.3) is 0 Å². The van der Waals surface area contributed by atoms with Gasteiger partial charge in [0, 0.05) is 10.0 Å². The first-order chi connectivity index (χ1) is 9.97. The van der Waals surface area contributed by atoms with Crippen LogP contribution in [0, 0.1) is 23.0 Å². The van der Waals surface area contributed by atoms with E-state index in [1.165, 1.54) is 30.3 Å². The average molecular weight is 371 g/mol. The van der Waals surface area contributed by atoms with E-state index in [-0.39, 0.29) is 20.6 Å². The molecule has 0 heterocycles. The number of halogens is 4. The van der Waals surface area contributed by atoms with Crippen molar-refractivity contribution in [3.05, 3.63) is 68.7 Å². The van der Waals surface area contributed by atoms with E-state index in [4.69, 9.17) is 11.6 Å². The lowest BCUT2D eigenvalue weighted by molar-refractivity contribution is 0.0973. The van der Waals surface area contributed by atoms with Crippen molar-refractivity contribution < 1.29 is 13.6 Å². The van der Waals surface area contributed by atoms with Crippen LogP contribution in [-0.2, 0) is 0 Å². The van der Waals surface area contributed by atoms with Gasteiger partial charge in [-0.2, -0.15) is 5.26 Å². The summed E-state index contributed by atoms with van der Waals surface area (Å²) >= 11 is 8.71. The van der Waals surface area contributed by atoms with E-state index >= 15 is 0 Å². The van der Waals surface area contributed by atoms with E-state index in [1.54, 1.807) is 6.07 Å². The fourth-order valence-corrected chi connectivity index (χ4v) is 2.61. The number of hydrogen-bond donors (Lipinski definition) is 0. The molecule has 2 aromatic carbocycles. The Kier molecular flexibility index (Phi) is 4.71. The molecular weight excluding hydrogens is 364 g/mol. The highest BCUT2D eigenvalue weighted by atomic mass is 79.9. The second-order valence-corrected chi connectivity index (χ2v) is 5.43. The number of rotatable bonds is 3. The second-order valence-electron chi connectivity index (χ2n) is 4.17.